The maximum atomic E-state index is 12.9. The normalized spacial score (nSPS) is 15.4. The largest absolute Gasteiger partial charge is 0.481 e. The van der Waals surface area contributed by atoms with E-state index in [1.165, 1.54) is 94.2 Å². The molecule has 11 nitrogen and oxygen atoms in total. The Morgan fingerprint density at radius 2 is 1.43 bits per heavy atom. The number of carbonyl (C=O) groups excluding carboxylic acids is 1. The van der Waals surface area contributed by atoms with Gasteiger partial charge >= 0.3 is 12.0 Å². The molecule has 2 amide bonds. The van der Waals surface area contributed by atoms with Crippen LogP contribution in [-0.4, -0.2) is 58.8 Å². The molecular formula is C29H54N6O5S2. The van der Waals surface area contributed by atoms with E-state index in [1.54, 1.807) is 0 Å². The average molecular weight is 631 g/mol. The van der Waals surface area contributed by atoms with E-state index in [2.05, 4.69) is 39.4 Å². The number of anilines is 1. The van der Waals surface area contributed by atoms with Crippen molar-refractivity contribution in [3.05, 3.63) is 0 Å². The lowest BCUT2D eigenvalue weighted by Crippen LogP contribution is -2.41. The number of piperidine rings is 1. The minimum absolute atomic E-state index is 0.112. The van der Waals surface area contributed by atoms with E-state index >= 15 is 0 Å². The minimum atomic E-state index is -3.93. The number of aliphatic carboxylic acids is 1. The number of hydrogen-bond donors (Lipinski definition) is 4. The van der Waals surface area contributed by atoms with Crippen molar-refractivity contribution in [2.24, 2.45) is 11.8 Å². The molecule has 1 aromatic rings. The molecule has 0 spiro atoms. The quantitative estimate of drug-likeness (QED) is 0.0784. The van der Waals surface area contributed by atoms with Crippen molar-refractivity contribution in [2.45, 2.75) is 135 Å². The van der Waals surface area contributed by atoms with Gasteiger partial charge in [0.2, 0.25) is 5.13 Å². The smallest absolute Gasteiger partial charge is 0.333 e. The Bertz CT molecular complexity index is 998. The molecule has 1 atom stereocenters. The molecule has 0 radical (unpaired) electrons. The van der Waals surface area contributed by atoms with E-state index in [1.807, 2.05) is 0 Å². The van der Waals surface area contributed by atoms with Gasteiger partial charge < -0.3 is 10.4 Å². The van der Waals surface area contributed by atoms with Crippen LogP contribution in [0.3, 0.4) is 0 Å². The first-order valence-corrected chi connectivity index (χ1v) is 18.4. The minimum Gasteiger partial charge on any atom is -0.481 e. The standard InChI is InChI=1S/C29H54N6O5S2/c1-3-5-7-9-11-12-14-16-18-24(17-15-13-10-8-6-4-2)23-30-27(38)32-33-28-31-29(34-41-28)42(39,40)35-21-19-25(20-22-35)26(36)37/h24-25H,3-23H2,1-2H3,(H,36,37)(H2,30,32,38)(H,31,33,34). The lowest BCUT2D eigenvalue weighted by molar-refractivity contribution is -0.142. The highest BCUT2D eigenvalue weighted by molar-refractivity contribution is 7.89. The van der Waals surface area contributed by atoms with Gasteiger partial charge in [-0.1, -0.05) is 104 Å². The Morgan fingerprint density at radius 1 is 0.905 bits per heavy atom. The van der Waals surface area contributed by atoms with E-state index < -0.39 is 27.9 Å². The zero-order valence-electron chi connectivity index (χ0n) is 25.7. The zero-order chi connectivity index (χ0) is 30.6. The summed E-state index contributed by atoms with van der Waals surface area (Å²) in [7, 11) is -3.93. The van der Waals surface area contributed by atoms with Gasteiger partial charge in [0.1, 0.15) is 0 Å². The van der Waals surface area contributed by atoms with Crippen LogP contribution in [0.1, 0.15) is 129 Å². The highest BCUT2D eigenvalue weighted by Crippen LogP contribution is 2.24. The van der Waals surface area contributed by atoms with Gasteiger partial charge in [-0.05, 0) is 31.6 Å². The van der Waals surface area contributed by atoms with Crippen LogP contribution in [0.15, 0.2) is 5.16 Å². The van der Waals surface area contributed by atoms with Crippen LogP contribution in [0.25, 0.3) is 0 Å². The van der Waals surface area contributed by atoms with Gasteiger partial charge in [0, 0.05) is 31.2 Å². The SMILES string of the molecule is CCCCCCCCCCC(CCCCCCCC)CNC(=O)NNc1nc(S(=O)(=O)N2CCC(C(=O)O)CC2)ns1. The summed E-state index contributed by atoms with van der Waals surface area (Å²) in [4.78, 5) is 27.7. The predicted molar refractivity (Wildman–Crippen MR) is 168 cm³/mol. The molecule has 1 saturated heterocycles. The fourth-order valence-electron chi connectivity index (χ4n) is 5.34. The maximum Gasteiger partial charge on any atom is 0.333 e. The number of urea groups is 1. The summed E-state index contributed by atoms with van der Waals surface area (Å²) < 4.78 is 30.9. The molecule has 4 N–H and O–H groups in total. The molecule has 13 heteroatoms. The van der Waals surface area contributed by atoms with Crippen molar-refractivity contribution >= 4 is 38.7 Å². The molecule has 0 bridgehead atoms. The van der Waals surface area contributed by atoms with Crippen molar-refractivity contribution in [3.8, 4) is 0 Å². The number of nitrogens with one attached hydrogen (secondary N) is 3. The summed E-state index contributed by atoms with van der Waals surface area (Å²) in [6.07, 6.45) is 20.6. The molecule has 42 heavy (non-hydrogen) atoms. The monoisotopic (exact) mass is 630 g/mol. The van der Waals surface area contributed by atoms with E-state index in [0.29, 0.717) is 12.5 Å². The third-order valence-electron chi connectivity index (χ3n) is 8.05. The fraction of sp³-hybridized carbons (Fsp3) is 0.862. The summed E-state index contributed by atoms with van der Waals surface area (Å²) in [6, 6.07) is -0.394. The second-order valence-electron chi connectivity index (χ2n) is 11.5. The summed E-state index contributed by atoms with van der Waals surface area (Å²) in [5.41, 5.74) is 5.20. The highest BCUT2D eigenvalue weighted by atomic mass is 32.2. The van der Waals surface area contributed by atoms with Crippen LogP contribution in [0.5, 0.6) is 0 Å². The van der Waals surface area contributed by atoms with E-state index in [4.69, 9.17) is 5.11 Å². The molecule has 1 fully saturated rings. The zero-order valence-corrected chi connectivity index (χ0v) is 27.4. The number of hydrazine groups is 1. The summed E-state index contributed by atoms with van der Waals surface area (Å²) >= 11 is 0.838. The lowest BCUT2D eigenvalue weighted by Gasteiger charge is -2.28. The van der Waals surface area contributed by atoms with Crippen molar-refractivity contribution < 1.29 is 23.1 Å². The molecule has 1 unspecified atom stereocenters. The van der Waals surface area contributed by atoms with E-state index in [0.717, 1.165) is 24.4 Å². The third-order valence-corrected chi connectivity index (χ3v) is 10.5. The number of nitrogens with zero attached hydrogens (tertiary/aromatic N) is 3. The highest BCUT2D eigenvalue weighted by Gasteiger charge is 2.34. The van der Waals surface area contributed by atoms with Crippen molar-refractivity contribution in [2.75, 3.05) is 25.1 Å². The van der Waals surface area contributed by atoms with Gasteiger partial charge in [-0.15, -0.1) is 0 Å². The van der Waals surface area contributed by atoms with Gasteiger partial charge in [-0.2, -0.15) is 13.7 Å². The van der Waals surface area contributed by atoms with Crippen LogP contribution in [0.4, 0.5) is 9.93 Å². The maximum absolute atomic E-state index is 12.9. The predicted octanol–water partition coefficient (Wildman–Crippen LogP) is 6.55. The van der Waals surface area contributed by atoms with E-state index in [-0.39, 0.29) is 36.2 Å². The van der Waals surface area contributed by atoms with Gasteiger partial charge in [0.05, 0.1) is 5.92 Å². The number of rotatable bonds is 23. The van der Waals surface area contributed by atoms with Gasteiger partial charge in [0.25, 0.3) is 15.2 Å². The van der Waals surface area contributed by atoms with Crippen molar-refractivity contribution in [1.82, 2.24) is 24.4 Å². The molecule has 1 aromatic heterocycles. The number of hydrogen-bond acceptors (Lipinski definition) is 8. The van der Waals surface area contributed by atoms with Crippen LogP contribution >= 0.6 is 11.5 Å². The van der Waals surface area contributed by atoms with Crippen LogP contribution < -0.4 is 16.2 Å². The first kappa shape index (κ1) is 36.2. The van der Waals surface area contributed by atoms with Crippen molar-refractivity contribution in [1.29, 1.82) is 0 Å². The number of carboxylic acid groups (broad SMARTS) is 1. The first-order valence-electron chi connectivity index (χ1n) is 16.1. The number of unbranched alkanes of at least 4 members (excludes halogenated alkanes) is 12. The Labute approximate surface area is 257 Å². The molecule has 0 saturated carbocycles. The molecule has 2 heterocycles. The Kier molecular flexibility index (Phi) is 18.0. The van der Waals surface area contributed by atoms with Gasteiger partial charge in [-0.3, -0.25) is 10.2 Å². The summed E-state index contributed by atoms with van der Waals surface area (Å²) in [6.45, 7) is 5.29. The topological polar surface area (TPSA) is 154 Å². The van der Waals surface area contributed by atoms with E-state index in [9.17, 15) is 18.0 Å². The average Bonchev–Trinajstić information content (AvgIpc) is 3.47. The second kappa shape index (κ2) is 20.8. The van der Waals surface area contributed by atoms with Gasteiger partial charge in [0.15, 0.2) is 0 Å². The molecule has 2 rings (SSSR count). The fourth-order valence-corrected chi connectivity index (χ4v) is 7.45. The molecule has 1 aliphatic rings. The molecule has 1 aliphatic heterocycles. The molecular weight excluding hydrogens is 576 g/mol. The Morgan fingerprint density at radius 3 is 1.95 bits per heavy atom. The number of carbonyl (C=O) groups is 2. The second-order valence-corrected chi connectivity index (χ2v) is 14.1. The third kappa shape index (κ3) is 14.0. The summed E-state index contributed by atoms with van der Waals surface area (Å²) in [5.74, 6) is -1.01. The Balaban J connectivity index is 1.75. The number of aromatic nitrogens is 2. The molecule has 0 aromatic carbocycles. The lowest BCUT2D eigenvalue weighted by atomic mass is 9.94. The Hall–Kier alpha value is -1.99. The van der Waals surface area contributed by atoms with Crippen LogP contribution in [0, 0.1) is 11.8 Å². The first-order chi connectivity index (χ1) is 20.3. The number of sulfonamides is 1. The van der Waals surface area contributed by atoms with Crippen LogP contribution in [-0.2, 0) is 14.8 Å². The van der Waals surface area contributed by atoms with Gasteiger partial charge in [-0.25, -0.2) is 18.6 Å². The van der Waals surface area contributed by atoms with Crippen molar-refractivity contribution in [3.63, 3.8) is 0 Å². The van der Waals surface area contributed by atoms with Crippen LogP contribution in [0.2, 0.25) is 0 Å². The summed E-state index contributed by atoms with van der Waals surface area (Å²) in [5, 5.41) is 11.9. The number of carboxylic acids is 1. The molecule has 242 valence electrons. The molecule has 0 aliphatic carbocycles. The number of amides is 2.